The van der Waals surface area contributed by atoms with Gasteiger partial charge < -0.3 is 29.7 Å². The Morgan fingerprint density at radius 3 is 2.57 bits per heavy atom. The van der Waals surface area contributed by atoms with E-state index in [1.807, 2.05) is 25.7 Å². The zero-order valence-electron chi connectivity index (χ0n) is 19.4. The van der Waals surface area contributed by atoms with Crippen molar-refractivity contribution < 1.29 is 19.0 Å². The molecule has 0 aromatic carbocycles. The smallest absolute Gasteiger partial charge is 0.410 e. The Morgan fingerprint density at radius 1 is 1.17 bits per heavy atom. The minimum Gasteiger partial charge on any atom is -0.444 e. The summed E-state index contributed by atoms with van der Waals surface area (Å²) in [7, 11) is 0. The first-order chi connectivity index (χ1) is 14.4. The average Bonchev–Trinajstić information content (AvgIpc) is 3.21. The van der Waals surface area contributed by atoms with E-state index in [4.69, 9.17) is 19.2 Å². The van der Waals surface area contributed by atoms with Crippen molar-refractivity contribution in [2.24, 2.45) is 16.8 Å². The molecule has 0 spiro atoms. The zero-order valence-corrected chi connectivity index (χ0v) is 19.4. The fourth-order valence-corrected chi connectivity index (χ4v) is 3.53. The molecular formula is C22H42N4O4. The Labute approximate surface area is 182 Å². The van der Waals surface area contributed by atoms with Crippen molar-refractivity contribution in [2.45, 2.75) is 59.0 Å². The van der Waals surface area contributed by atoms with E-state index < -0.39 is 5.60 Å². The number of hydrogen-bond acceptors (Lipinski definition) is 5. The molecule has 1 atom stereocenters. The van der Waals surface area contributed by atoms with Crippen LogP contribution < -0.4 is 10.6 Å². The predicted octanol–water partition coefficient (Wildman–Crippen LogP) is 2.63. The standard InChI is InChI=1S/C22H42N4O4/c1-5-23-20(24-10-6-13-28-16-19-9-14-29-17-19)25-15-18-7-11-26(12-8-18)21(27)30-22(2,3)4/h18-19H,5-17H2,1-4H3,(H2,23,24,25). The van der Waals surface area contributed by atoms with E-state index in [1.54, 1.807) is 0 Å². The van der Waals surface area contributed by atoms with Gasteiger partial charge in [-0.3, -0.25) is 4.99 Å². The van der Waals surface area contributed by atoms with Crippen molar-refractivity contribution >= 4 is 12.1 Å². The van der Waals surface area contributed by atoms with Gasteiger partial charge in [-0.1, -0.05) is 0 Å². The summed E-state index contributed by atoms with van der Waals surface area (Å²) in [5, 5.41) is 6.70. The van der Waals surface area contributed by atoms with Gasteiger partial charge in [0.1, 0.15) is 5.60 Å². The maximum absolute atomic E-state index is 12.2. The normalized spacial score (nSPS) is 21.0. The zero-order chi connectivity index (χ0) is 21.8. The van der Waals surface area contributed by atoms with Crippen LogP contribution in [0.4, 0.5) is 4.79 Å². The number of rotatable bonds is 9. The van der Waals surface area contributed by atoms with Gasteiger partial charge in [0.2, 0.25) is 0 Å². The molecule has 2 rings (SSSR count). The van der Waals surface area contributed by atoms with E-state index in [0.717, 1.165) is 90.8 Å². The van der Waals surface area contributed by atoms with Crippen LogP contribution in [0, 0.1) is 11.8 Å². The summed E-state index contributed by atoms with van der Waals surface area (Å²) < 4.78 is 16.6. The number of piperidine rings is 1. The fraction of sp³-hybridized carbons (Fsp3) is 0.909. The molecule has 2 saturated heterocycles. The lowest BCUT2D eigenvalue weighted by atomic mass is 9.97. The van der Waals surface area contributed by atoms with Crippen LogP contribution in [0.3, 0.4) is 0 Å². The molecule has 0 radical (unpaired) electrons. The van der Waals surface area contributed by atoms with Crippen LogP contribution in [0.1, 0.15) is 53.4 Å². The molecule has 1 amide bonds. The molecule has 2 heterocycles. The molecule has 8 heteroatoms. The number of amides is 1. The van der Waals surface area contributed by atoms with Crippen LogP contribution in [0.5, 0.6) is 0 Å². The summed E-state index contributed by atoms with van der Waals surface area (Å²) in [5.74, 6) is 1.92. The van der Waals surface area contributed by atoms with Crippen LogP contribution in [-0.2, 0) is 14.2 Å². The molecule has 174 valence electrons. The highest BCUT2D eigenvalue weighted by Gasteiger charge is 2.26. The Kier molecular flexibility index (Phi) is 10.7. The molecule has 2 aliphatic rings. The van der Waals surface area contributed by atoms with E-state index in [9.17, 15) is 4.79 Å². The van der Waals surface area contributed by atoms with Gasteiger partial charge in [-0.05, 0) is 59.3 Å². The number of aliphatic imine (C=N–C) groups is 1. The number of carbonyl (C=O) groups excluding carboxylic acids is 1. The molecule has 0 aliphatic carbocycles. The predicted molar refractivity (Wildman–Crippen MR) is 119 cm³/mol. The van der Waals surface area contributed by atoms with Crippen LogP contribution >= 0.6 is 0 Å². The molecule has 30 heavy (non-hydrogen) atoms. The van der Waals surface area contributed by atoms with Gasteiger partial charge in [0.05, 0.1) is 13.2 Å². The number of hydrogen-bond donors (Lipinski definition) is 2. The van der Waals surface area contributed by atoms with Crippen molar-refractivity contribution in [1.29, 1.82) is 0 Å². The topological polar surface area (TPSA) is 84.4 Å². The van der Waals surface area contributed by atoms with Gasteiger partial charge in [-0.2, -0.15) is 0 Å². The molecule has 0 saturated carbocycles. The SMILES string of the molecule is CCNC(=NCC1CCN(C(=O)OC(C)(C)C)CC1)NCCCOCC1CCOC1. The number of guanidine groups is 1. The fourth-order valence-electron chi connectivity index (χ4n) is 3.53. The first-order valence-corrected chi connectivity index (χ1v) is 11.5. The Morgan fingerprint density at radius 2 is 1.93 bits per heavy atom. The highest BCUT2D eigenvalue weighted by atomic mass is 16.6. The molecule has 0 aromatic rings. The highest BCUT2D eigenvalue weighted by Crippen LogP contribution is 2.20. The second-order valence-electron chi connectivity index (χ2n) is 9.22. The minimum atomic E-state index is -0.444. The third-order valence-corrected chi connectivity index (χ3v) is 5.25. The van der Waals surface area contributed by atoms with Crippen LogP contribution in [0.25, 0.3) is 0 Å². The molecule has 0 aromatic heterocycles. The first-order valence-electron chi connectivity index (χ1n) is 11.5. The van der Waals surface area contributed by atoms with E-state index in [1.165, 1.54) is 0 Å². The number of carbonyl (C=O) groups is 1. The van der Waals surface area contributed by atoms with Crippen molar-refractivity contribution in [1.82, 2.24) is 15.5 Å². The number of likely N-dealkylation sites (tertiary alicyclic amines) is 1. The van der Waals surface area contributed by atoms with Crippen LogP contribution in [-0.4, -0.2) is 81.7 Å². The lowest BCUT2D eigenvalue weighted by Crippen LogP contribution is -2.42. The molecule has 2 aliphatic heterocycles. The summed E-state index contributed by atoms with van der Waals surface area (Å²) in [6.45, 7) is 15.0. The van der Waals surface area contributed by atoms with Gasteiger partial charge in [-0.25, -0.2) is 4.79 Å². The third kappa shape index (κ3) is 9.98. The van der Waals surface area contributed by atoms with E-state index in [-0.39, 0.29) is 6.09 Å². The van der Waals surface area contributed by atoms with Gasteiger partial charge in [0.15, 0.2) is 5.96 Å². The lowest BCUT2D eigenvalue weighted by Gasteiger charge is -2.33. The average molecular weight is 427 g/mol. The van der Waals surface area contributed by atoms with Crippen molar-refractivity contribution in [3.8, 4) is 0 Å². The quantitative estimate of drug-likeness (QED) is 0.335. The monoisotopic (exact) mass is 426 g/mol. The Hall–Kier alpha value is -1.54. The molecular weight excluding hydrogens is 384 g/mol. The second kappa shape index (κ2) is 13.0. The summed E-state index contributed by atoms with van der Waals surface area (Å²) in [4.78, 5) is 18.7. The molecule has 0 bridgehead atoms. The first kappa shape index (κ1) is 24.7. The molecule has 2 fully saturated rings. The van der Waals surface area contributed by atoms with Crippen molar-refractivity contribution in [3.63, 3.8) is 0 Å². The maximum atomic E-state index is 12.2. The third-order valence-electron chi connectivity index (χ3n) is 5.25. The molecule has 8 nitrogen and oxygen atoms in total. The van der Waals surface area contributed by atoms with Gasteiger partial charge >= 0.3 is 6.09 Å². The maximum Gasteiger partial charge on any atom is 0.410 e. The van der Waals surface area contributed by atoms with E-state index in [2.05, 4.69) is 17.6 Å². The molecule has 2 N–H and O–H groups in total. The number of nitrogens with zero attached hydrogens (tertiary/aromatic N) is 2. The Balaban J connectivity index is 1.61. The number of ether oxygens (including phenoxy) is 3. The highest BCUT2D eigenvalue weighted by molar-refractivity contribution is 5.79. The van der Waals surface area contributed by atoms with Crippen molar-refractivity contribution in [2.75, 3.05) is 59.2 Å². The molecule has 1 unspecified atom stereocenters. The second-order valence-corrected chi connectivity index (χ2v) is 9.22. The summed E-state index contributed by atoms with van der Waals surface area (Å²) in [5.41, 5.74) is -0.444. The van der Waals surface area contributed by atoms with Gasteiger partial charge in [0.25, 0.3) is 0 Å². The van der Waals surface area contributed by atoms with Gasteiger partial charge in [0, 0.05) is 51.9 Å². The largest absolute Gasteiger partial charge is 0.444 e. The summed E-state index contributed by atoms with van der Waals surface area (Å²) >= 11 is 0. The van der Waals surface area contributed by atoms with E-state index in [0.29, 0.717) is 11.8 Å². The minimum absolute atomic E-state index is 0.206. The number of nitrogens with one attached hydrogen (secondary N) is 2. The van der Waals surface area contributed by atoms with Gasteiger partial charge in [-0.15, -0.1) is 0 Å². The van der Waals surface area contributed by atoms with Crippen LogP contribution in [0.15, 0.2) is 4.99 Å². The summed E-state index contributed by atoms with van der Waals surface area (Å²) in [6.07, 6.45) is 3.78. The van der Waals surface area contributed by atoms with Crippen molar-refractivity contribution in [3.05, 3.63) is 0 Å². The van der Waals surface area contributed by atoms with Crippen LogP contribution in [0.2, 0.25) is 0 Å². The lowest BCUT2D eigenvalue weighted by molar-refractivity contribution is 0.0187. The van der Waals surface area contributed by atoms with E-state index >= 15 is 0 Å². The Bertz CT molecular complexity index is 522. The summed E-state index contributed by atoms with van der Waals surface area (Å²) in [6, 6.07) is 0.